The Morgan fingerprint density at radius 1 is 1.32 bits per heavy atom. The predicted molar refractivity (Wildman–Crippen MR) is 89.7 cm³/mol. The van der Waals surface area contributed by atoms with E-state index in [1.165, 1.54) is 25.7 Å². The van der Waals surface area contributed by atoms with Gasteiger partial charge < -0.3 is 15.2 Å². The Bertz CT molecular complexity index is 502. The maximum absolute atomic E-state index is 4.60. The van der Waals surface area contributed by atoms with E-state index in [-0.39, 0.29) is 0 Å². The molecule has 0 aliphatic heterocycles. The number of hydrogen-bond acceptors (Lipinski definition) is 3. The van der Waals surface area contributed by atoms with Crippen LogP contribution < -0.4 is 10.6 Å². The van der Waals surface area contributed by atoms with Gasteiger partial charge in [-0.3, -0.25) is 0 Å². The van der Waals surface area contributed by atoms with Crippen LogP contribution in [0.1, 0.15) is 51.8 Å². The molecule has 0 spiro atoms. The van der Waals surface area contributed by atoms with Gasteiger partial charge >= 0.3 is 0 Å². The van der Waals surface area contributed by atoms with Crippen molar-refractivity contribution in [2.75, 3.05) is 13.1 Å². The third-order valence-corrected chi connectivity index (χ3v) is 3.88. The maximum atomic E-state index is 4.60. The van der Waals surface area contributed by atoms with Gasteiger partial charge in [-0.05, 0) is 46.0 Å². The molecule has 2 rings (SSSR count). The van der Waals surface area contributed by atoms with E-state index in [4.69, 9.17) is 0 Å². The van der Waals surface area contributed by atoms with Crippen LogP contribution >= 0.6 is 0 Å². The van der Waals surface area contributed by atoms with E-state index in [2.05, 4.69) is 45.7 Å². The summed E-state index contributed by atoms with van der Waals surface area (Å²) in [6.45, 7) is 7.36. The quantitative estimate of drug-likeness (QED) is 0.460. The van der Waals surface area contributed by atoms with Crippen molar-refractivity contribution in [3.8, 4) is 0 Å². The molecule has 6 heteroatoms. The number of hydrogen-bond donors (Lipinski definition) is 2. The van der Waals surface area contributed by atoms with Crippen molar-refractivity contribution in [2.45, 2.75) is 59.0 Å². The highest BCUT2D eigenvalue weighted by Gasteiger charge is 2.05. The molecule has 122 valence electrons. The van der Waals surface area contributed by atoms with E-state index in [9.17, 15) is 0 Å². The molecule has 0 unspecified atom stereocenters. The topological polar surface area (TPSA) is 67.1 Å². The van der Waals surface area contributed by atoms with Crippen molar-refractivity contribution in [3.05, 3.63) is 23.8 Å². The molecule has 0 aromatic carbocycles. The molecule has 0 saturated carbocycles. The smallest absolute Gasteiger partial charge is 0.191 e. The summed E-state index contributed by atoms with van der Waals surface area (Å²) in [4.78, 5) is 4.60. The van der Waals surface area contributed by atoms with Gasteiger partial charge in [-0.2, -0.15) is 0 Å². The molecule has 1 aliphatic rings. The van der Waals surface area contributed by atoms with Crippen molar-refractivity contribution in [1.29, 1.82) is 0 Å². The molecule has 0 radical (unpaired) electrons. The maximum Gasteiger partial charge on any atom is 0.191 e. The lowest BCUT2D eigenvalue weighted by atomic mass is 9.97. The number of allylic oxidation sites excluding steroid dienone is 1. The molecule has 0 atom stereocenters. The fourth-order valence-electron chi connectivity index (χ4n) is 2.63. The number of nitrogens with one attached hydrogen (secondary N) is 2. The summed E-state index contributed by atoms with van der Waals surface area (Å²) < 4.78 is 2.01. The van der Waals surface area contributed by atoms with Crippen molar-refractivity contribution >= 4 is 5.96 Å². The Hall–Kier alpha value is -1.85. The van der Waals surface area contributed by atoms with E-state index >= 15 is 0 Å². The lowest BCUT2D eigenvalue weighted by molar-refractivity contribution is 0.663. The lowest BCUT2D eigenvalue weighted by Gasteiger charge is -2.15. The number of rotatable bonds is 7. The highest BCUT2D eigenvalue weighted by Crippen LogP contribution is 2.19. The zero-order valence-corrected chi connectivity index (χ0v) is 13.8. The minimum atomic E-state index is 0.547. The summed E-state index contributed by atoms with van der Waals surface area (Å²) in [7, 11) is 0. The van der Waals surface area contributed by atoms with E-state index < -0.39 is 0 Å². The zero-order chi connectivity index (χ0) is 15.6. The summed E-state index contributed by atoms with van der Waals surface area (Å²) in [5, 5.41) is 14.7. The molecule has 22 heavy (non-hydrogen) atoms. The first-order chi connectivity index (χ1) is 10.8. The van der Waals surface area contributed by atoms with Crippen LogP contribution in [0.2, 0.25) is 0 Å². The average Bonchev–Trinajstić information content (AvgIpc) is 3.01. The van der Waals surface area contributed by atoms with Gasteiger partial charge in [0.25, 0.3) is 0 Å². The Labute approximate surface area is 133 Å². The first-order valence-electron chi connectivity index (χ1n) is 8.40. The number of aliphatic imine (C=N–C) groups is 1. The van der Waals surface area contributed by atoms with Crippen LogP contribution in [0.3, 0.4) is 0 Å². The largest absolute Gasteiger partial charge is 0.357 e. The van der Waals surface area contributed by atoms with Crippen LogP contribution in [-0.4, -0.2) is 33.8 Å². The first-order valence-corrected chi connectivity index (χ1v) is 8.40. The van der Waals surface area contributed by atoms with Gasteiger partial charge in [0.1, 0.15) is 12.9 Å². The number of aromatic nitrogens is 3. The van der Waals surface area contributed by atoms with E-state index in [0.29, 0.717) is 6.54 Å². The Morgan fingerprint density at radius 3 is 2.95 bits per heavy atom. The molecule has 1 aromatic heterocycles. The van der Waals surface area contributed by atoms with Gasteiger partial charge in [-0.25, -0.2) is 4.99 Å². The second-order valence-electron chi connectivity index (χ2n) is 5.51. The molecule has 0 fully saturated rings. The van der Waals surface area contributed by atoms with Gasteiger partial charge in [-0.1, -0.05) is 11.6 Å². The number of nitrogens with zero attached hydrogens (tertiary/aromatic N) is 4. The molecule has 0 amide bonds. The standard InChI is InChI=1S/C16H28N6/c1-3-17-16(18-11-10-14-8-6-5-7-9-14)19-12-15-21-20-13-22(15)4-2/h8,13H,3-7,9-12H2,1-2H3,(H2,17,18,19). The average molecular weight is 304 g/mol. The summed E-state index contributed by atoms with van der Waals surface area (Å²) in [5.41, 5.74) is 1.58. The van der Waals surface area contributed by atoms with Gasteiger partial charge in [0.05, 0.1) is 0 Å². The monoisotopic (exact) mass is 304 g/mol. The molecule has 6 nitrogen and oxygen atoms in total. The fraction of sp³-hybridized carbons (Fsp3) is 0.688. The molecule has 1 aliphatic carbocycles. The molecule has 1 aromatic rings. The Balaban J connectivity index is 1.83. The highest BCUT2D eigenvalue weighted by atomic mass is 15.3. The normalized spacial score (nSPS) is 15.5. The Kier molecular flexibility index (Phi) is 6.93. The zero-order valence-electron chi connectivity index (χ0n) is 13.8. The molecular formula is C16H28N6. The second-order valence-corrected chi connectivity index (χ2v) is 5.51. The summed E-state index contributed by atoms with van der Waals surface area (Å²) in [5.74, 6) is 1.75. The van der Waals surface area contributed by atoms with Crippen LogP contribution in [0.15, 0.2) is 23.0 Å². The SMILES string of the molecule is CCNC(=NCc1nncn1CC)NCCC1=CCCCC1. The molecule has 0 bridgehead atoms. The van der Waals surface area contributed by atoms with Gasteiger partial charge in [-0.15, -0.1) is 10.2 Å². The van der Waals surface area contributed by atoms with E-state index in [0.717, 1.165) is 37.8 Å². The fourth-order valence-corrected chi connectivity index (χ4v) is 2.63. The van der Waals surface area contributed by atoms with Crippen LogP contribution in [-0.2, 0) is 13.1 Å². The molecule has 1 heterocycles. The highest BCUT2D eigenvalue weighted by molar-refractivity contribution is 5.79. The van der Waals surface area contributed by atoms with Crippen LogP contribution in [0.4, 0.5) is 0 Å². The van der Waals surface area contributed by atoms with Crippen molar-refractivity contribution < 1.29 is 0 Å². The van der Waals surface area contributed by atoms with E-state index in [1.54, 1.807) is 11.9 Å². The van der Waals surface area contributed by atoms with Crippen molar-refractivity contribution in [1.82, 2.24) is 25.4 Å². The summed E-state index contributed by atoms with van der Waals surface area (Å²) >= 11 is 0. The van der Waals surface area contributed by atoms with Crippen molar-refractivity contribution in [2.24, 2.45) is 4.99 Å². The van der Waals surface area contributed by atoms with Gasteiger partial charge in [0.15, 0.2) is 11.8 Å². The number of aryl methyl sites for hydroxylation is 1. The predicted octanol–water partition coefficient (Wildman–Crippen LogP) is 2.24. The van der Waals surface area contributed by atoms with Gasteiger partial charge in [0.2, 0.25) is 0 Å². The minimum Gasteiger partial charge on any atom is -0.357 e. The van der Waals surface area contributed by atoms with Gasteiger partial charge in [0, 0.05) is 19.6 Å². The van der Waals surface area contributed by atoms with Crippen molar-refractivity contribution in [3.63, 3.8) is 0 Å². The molecular weight excluding hydrogens is 276 g/mol. The summed E-state index contributed by atoms with van der Waals surface area (Å²) in [6, 6.07) is 0. The van der Waals surface area contributed by atoms with Crippen LogP contribution in [0.25, 0.3) is 0 Å². The summed E-state index contributed by atoms with van der Waals surface area (Å²) in [6.07, 6.45) is 10.5. The third-order valence-electron chi connectivity index (χ3n) is 3.88. The first kappa shape index (κ1) is 16.5. The van der Waals surface area contributed by atoms with E-state index in [1.807, 2.05) is 4.57 Å². The third kappa shape index (κ3) is 5.16. The minimum absolute atomic E-state index is 0.547. The Morgan fingerprint density at radius 2 is 2.23 bits per heavy atom. The molecule has 0 saturated heterocycles. The number of guanidine groups is 1. The van der Waals surface area contributed by atoms with Crippen LogP contribution in [0, 0.1) is 0 Å². The molecule has 2 N–H and O–H groups in total. The second kappa shape index (κ2) is 9.23. The van der Waals surface area contributed by atoms with Crippen LogP contribution in [0.5, 0.6) is 0 Å². The lowest BCUT2D eigenvalue weighted by Crippen LogP contribution is -2.38.